The average Bonchev–Trinajstić information content (AvgIpc) is 2.83. The maximum Gasteiger partial charge on any atom is 0.465 e. The molecule has 136 valence electrons. The van der Waals surface area contributed by atoms with Crippen molar-refractivity contribution in [2.24, 2.45) is 0 Å². The largest absolute Gasteiger partial charge is 0.490 e. The third-order valence-electron chi connectivity index (χ3n) is 6.08. The molecule has 0 saturated carbocycles. The first kappa shape index (κ1) is 17.6. The normalized spacial score (nSPS) is 26.2. The van der Waals surface area contributed by atoms with Crippen molar-refractivity contribution in [2.75, 3.05) is 0 Å². The van der Waals surface area contributed by atoms with Crippen molar-refractivity contribution in [1.82, 2.24) is 0 Å². The minimum Gasteiger partial charge on any atom is -0.490 e. The van der Waals surface area contributed by atoms with Gasteiger partial charge in [-0.1, -0.05) is 48.5 Å². The zero-order chi connectivity index (χ0) is 18.4. The highest BCUT2D eigenvalue weighted by Crippen LogP contribution is 2.45. The van der Waals surface area contributed by atoms with E-state index in [-0.39, 0.29) is 30.2 Å². The Kier molecular flexibility index (Phi) is 4.36. The molecule has 0 aromatic heterocycles. The quantitative estimate of drug-likeness (QED) is 0.752. The minimum atomic E-state index is -0.327. The van der Waals surface area contributed by atoms with E-state index in [1.54, 1.807) is 0 Å². The second-order valence-corrected chi connectivity index (χ2v) is 8.45. The van der Waals surface area contributed by atoms with E-state index in [0.29, 0.717) is 0 Å². The fraction of sp³-hybridized carbons (Fsp3) is 0.455. The molecule has 1 fully saturated rings. The van der Waals surface area contributed by atoms with Gasteiger partial charge in [-0.05, 0) is 51.3 Å². The standard InChI is InChI=1S/C22H27BO3/c1-21(2)22(3,4)26-23(25-21)18-15-17-12-8-9-13-19(17)24-20(18)14-16-10-6-5-7-11-16/h5-13,18,20H,14-15H2,1-4H3/t18-,20-/m1/s1. The van der Waals surface area contributed by atoms with Crippen molar-refractivity contribution in [3.8, 4) is 5.75 Å². The molecule has 4 rings (SSSR count). The molecule has 2 atom stereocenters. The number of para-hydroxylation sites is 1. The summed E-state index contributed by atoms with van der Waals surface area (Å²) in [4.78, 5) is 0. The topological polar surface area (TPSA) is 27.7 Å². The van der Waals surface area contributed by atoms with Crippen LogP contribution in [0.1, 0.15) is 38.8 Å². The van der Waals surface area contributed by atoms with E-state index in [0.717, 1.165) is 18.6 Å². The zero-order valence-electron chi connectivity index (χ0n) is 16.1. The van der Waals surface area contributed by atoms with E-state index < -0.39 is 0 Å². The minimum absolute atomic E-state index is 0.0296. The second-order valence-electron chi connectivity index (χ2n) is 8.45. The van der Waals surface area contributed by atoms with Crippen LogP contribution in [0.15, 0.2) is 54.6 Å². The van der Waals surface area contributed by atoms with E-state index in [1.807, 2.05) is 12.1 Å². The van der Waals surface area contributed by atoms with Crippen LogP contribution in [0.25, 0.3) is 0 Å². The molecular formula is C22H27BO3. The number of benzene rings is 2. The number of rotatable bonds is 3. The molecule has 26 heavy (non-hydrogen) atoms. The van der Waals surface area contributed by atoms with Gasteiger partial charge in [0.05, 0.1) is 11.2 Å². The van der Waals surface area contributed by atoms with Crippen LogP contribution < -0.4 is 4.74 Å². The molecule has 2 aliphatic rings. The molecule has 0 bridgehead atoms. The maximum absolute atomic E-state index is 6.44. The first-order chi connectivity index (χ1) is 12.4. The molecule has 0 radical (unpaired) electrons. The summed E-state index contributed by atoms with van der Waals surface area (Å²) < 4.78 is 19.2. The summed E-state index contributed by atoms with van der Waals surface area (Å²) >= 11 is 0. The SMILES string of the molecule is CC1(C)OB([C@@H]2Cc3ccccc3O[C@@H]2Cc2ccccc2)OC1(C)C. The van der Waals surface area contributed by atoms with Gasteiger partial charge in [0, 0.05) is 12.2 Å². The van der Waals surface area contributed by atoms with Crippen molar-refractivity contribution >= 4 is 7.12 Å². The van der Waals surface area contributed by atoms with Crippen molar-refractivity contribution in [3.63, 3.8) is 0 Å². The molecule has 0 unspecified atom stereocenters. The molecule has 2 heterocycles. The number of fused-ring (bicyclic) bond motifs is 1. The van der Waals surface area contributed by atoms with Gasteiger partial charge in [-0.3, -0.25) is 0 Å². The summed E-state index contributed by atoms with van der Waals surface area (Å²) in [6.07, 6.45) is 1.79. The molecule has 1 saturated heterocycles. The van der Waals surface area contributed by atoms with Gasteiger partial charge in [0.15, 0.2) is 0 Å². The fourth-order valence-electron chi connectivity index (χ4n) is 3.80. The van der Waals surface area contributed by atoms with Crippen LogP contribution in [0.3, 0.4) is 0 Å². The monoisotopic (exact) mass is 350 g/mol. The van der Waals surface area contributed by atoms with Gasteiger partial charge in [0.25, 0.3) is 0 Å². The third-order valence-corrected chi connectivity index (χ3v) is 6.08. The predicted molar refractivity (Wildman–Crippen MR) is 105 cm³/mol. The first-order valence-electron chi connectivity index (χ1n) is 9.50. The predicted octanol–water partition coefficient (Wildman–Crippen LogP) is 4.70. The Morgan fingerprint density at radius 2 is 1.50 bits per heavy atom. The Hall–Kier alpha value is -1.78. The van der Waals surface area contributed by atoms with Crippen LogP contribution in [0.4, 0.5) is 0 Å². The Morgan fingerprint density at radius 3 is 2.19 bits per heavy atom. The van der Waals surface area contributed by atoms with Gasteiger partial charge in [0.2, 0.25) is 0 Å². The average molecular weight is 350 g/mol. The number of hydrogen-bond donors (Lipinski definition) is 0. The van der Waals surface area contributed by atoms with E-state index in [4.69, 9.17) is 14.0 Å². The molecule has 2 aliphatic heterocycles. The number of hydrogen-bond acceptors (Lipinski definition) is 3. The highest BCUT2D eigenvalue weighted by molar-refractivity contribution is 6.47. The number of ether oxygens (including phenoxy) is 1. The van der Waals surface area contributed by atoms with E-state index in [2.05, 4.69) is 70.2 Å². The summed E-state index contributed by atoms with van der Waals surface area (Å²) in [7, 11) is -0.262. The summed E-state index contributed by atoms with van der Waals surface area (Å²) in [6, 6.07) is 18.8. The van der Waals surface area contributed by atoms with Crippen molar-refractivity contribution in [2.45, 2.75) is 63.7 Å². The molecule has 0 spiro atoms. The molecule has 0 N–H and O–H groups in total. The lowest BCUT2D eigenvalue weighted by atomic mass is 9.63. The molecular weight excluding hydrogens is 323 g/mol. The van der Waals surface area contributed by atoms with E-state index in [9.17, 15) is 0 Å². The summed E-state index contributed by atoms with van der Waals surface area (Å²) in [5.41, 5.74) is 1.85. The van der Waals surface area contributed by atoms with Gasteiger partial charge in [-0.2, -0.15) is 0 Å². The highest BCUT2D eigenvalue weighted by atomic mass is 16.7. The van der Waals surface area contributed by atoms with Crippen LogP contribution >= 0.6 is 0 Å². The van der Waals surface area contributed by atoms with Crippen LogP contribution in [0, 0.1) is 0 Å². The van der Waals surface area contributed by atoms with Gasteiger partial charge >= 0.3 is 7.12 Å². The molecule has 3 nitrogen and oxygen atoms in total. The lowest BCUT2D eigenvalue weighted by Crippen LogP contribution is -2.41. The summed E-state index contributed by atoms with van der Waals surface area (Å²) in [6.45, 7) is 8.43. The smallest absolute Gasteiger partial charge is 0.465 e. The van der Waals surface area contributed by atoms with Crippen LogP contribution in [-0.2, 0) is 22.2 Å². The highest BCUT2D eigenvalue weighted by Gasteiger charge is 2.56. The second kappa shape index (κ2) is 6.43. The molecule has 0 amide bonds. The lowest BCUT2D eigenvalue weighted by molar-refractivity contribution is 0.00578. The molecule has 2 aromatic carbocycles. The van der Waals surface area contributed by atoms with Crippen LogP contribution in [0.5, 0.6) is 5.75 Å². The Bertz CT molecular complexity index is 756. The van der Waals surface area contributed by atoms with Gasteiger partial charge in [0.1, 0.15) is 11.9 Å². The maximum atomic E-state index is 6.44. The summed E-state index contributed by atoms with van der Waals surface area (Å²) in [5, 5.41) is 0. The van der Waals surface area contributed by atoms with Gasteiger partial charge in [-0.25, -0.2) is 0 Å². The van der Waals surface area contributed by atoms with Crippen LogP contribution in [0.2, 0.25) is 5.82 Å². The molecule has 2 aromatic rings. The molecule has 4 heteroatoms. The van der Waals surface area contributed by atoms with E-state index in [1.165, 1.54) is 11.1 Å². The Balaban J connectivity index is 1.63. The Labute approximate surface area is 156 Å². The van der Waals surface area contributed by atoms with Gasteiger partial charge < -0.3 is 14.0 Å². The zero-order valence-corrected chi connectivity index (χ0v) is 16.1. The van der Waals surface area contributed by atoms with Gasteiger partial charge in [-0.15, -0.1) is 0 Å². The molecule has 0 aliphatic carbocycles. The Morgan fingerprint density at radius 1 is 0.885 bits per heavy atom. The van der Waals surface area contributed by atoms with Crippen molar-refractivity contribution < 1.29 is 14.0 Å². The van der Waals surface area contributed by atoms with Crippen LogP contribution in [-0.4, -0.2) is 24.4 Å². The van der Waals surface area contributed by atoms with Crippen molar-refractivity contribution in [3.05, 3.63) is 65.7 Å². The first-order valence-corrected chi connectivity index (χ1v) is 9.50. The summed E-state index contributed by atoms with van der Waals surface area (Å²) in [5.74, 6) is 1.15. The van der Waals surface area contributed by atoms with E-state index >= 15 is 0 Å². The fourth-order valence-corrected chi connectivity index (χ4v) is 3.80. The van der Waals surface area contributed by atoms with Crippen molar-refractivity contribution in [1.29, 1.82) is 0 Å². The third kappa shape index (κ3) is 3.17. The lowest BCUT2D eigenvalue weighted by Gasteiger charge is -2.35.